The largest absolute Gasteiger partial charge is 0.493 e. The van der Waals surface area contributed by atoms with E-state index in [9.17, 15) is 18.3 Å². The lowest BCUT2D eigenvalue weighted by Gasteiger charge is -2.33. The van der Waals surface area contributed by atoms with Crippen LogP contribution in [0.3, 0.4) is 0 Å². The van der Waals surface area contributed by atoms with Crippen molar-refractivity contribution in [3.63, 3.8) is 0 Å². The third kappa shape index (κ3) is 6.50. The van der Waals surface area contributed by atoms with Crippen LogP contribution in [0.5, 0.6) is 5.75 Å². The normalized spacial score (nSPS) is 16.7. The Morgan fingerprint density at radius 2 is 2.03 bits per heavy atom. The van der Waals surface area contributed by atoms with E-state index in [-0.39, 0.29) is 31.3 Å². The number of ether oxygens (including phenoxy) is 1. The van der Waals surface area contributed by atoms with Crippen LogP contribution in [0.4, 0.5) is 0 Å². The smallest absolute Gasteiger partial charge is 0.322 e. The highest BCUT2D eigenvalue weighted by molar-refractivity contribution is 7.89. The number of carboxylic acids is 1. The summed E-state index contributed by atoms with van der Waals surface area (Å²) in [6.07, 6.45) is 1.88. The Balaban J connectivity index is 2.06. The van der Waals surface area contributed by atoms with Crippen molar-refractivity contribution in [1.82, 2.24) is 4.31 Å². The van der Waals surface area contributed by atoms with Gasteiger partial charge in [0.15, 0.2) is 0 Å². The van der Waals surface area contributed by atoms with E-state index in [2.05, 4.69) is 5.16 Å². The van der Waals surface area contributed by atoms with E-state index in [1.807, 2.05) is 6.92 Å². The fourth-order valence-corrected chi connectivity index (χ4v) is 4.78. The average molecular weight is 429 g/mol. The molecule has 1 aliphatic rings. The molecule has 11 heteroatoms. The Labute approximate surface area is 170 Å². The minimum absolute atomic E-state index is 0.0170. The number of sulfonamides is 1. The lowest BCUT2D eigenvalue weighted by molar-refractivity contribution is -0.141. The summed E-state index contributed by atoms with van der Waals surface area (Å²) < 4.78 is 32.1. The van der Waals surface area contributed by atoms with Crippen molar-refractivity contribution in [2.75, 3.05) is 19.0 Å². The first kappa shape index (κ1) is 22.8. The molecule has 1 unspecified atom stereocenters. The SMILES string of the molecule is CCCCS(=O)(=O)N1Cc2cc(OCCCON=C(N)N)ccc2CC1C(=O)O. The number of unbranched alkanes of at least 4 members (excludes halogenated alkanes) is 1. The number of hydrogen-bond acceptors (Lipinski definition) is 6. The van der Waals surface area contributed by atoms with Gasteiger partial charge in [-0.05, 0) is 34.8 Å². The first-order chi connectivity index (χ1) is 13.7. The fraction of sp³-hybridized carbons (Fsp3) is 0.556. The number of nitrogens with two attached hydrogens (primary N) is 2. The van der Waals surface area contributed by atoms with Crippen LogP contribution < -0.4 is 16.2 Å². The third-order valence-corrected chi connectivity index (χ3v) is 6.38. The number of benzene rings is 1. The van der Waals surface area contributed by atoms with Gasteiger partial charge in [-0.1, -0.05) is 19.4 Å². The van der Waals surface area contributed by atoms with Crippen LogP contribution in [-0.4, -0.2) is 54.8 Å². The third-order valence-electron chi connectivity index (χ3n) is 4.48. The molecule has 0 amide bonds. The molecular formula is C18H28N4O6S. The topological polar surface area (TPSA) is 158 Å². The van der Waals surface area contributed by atoms with Crippen LogP contribution in [0.25, 0.3) is 0 Å². The number of nitrogens with zero attached hydrogens (tertiary/aromatic N) is 2. The van der Waals surface area contributed by atoms with Gasteiger partial charge in [0.2, 0.25) is 16.0 Å². The number of fused-ring (bicyclic) bond motifs is 1. The highest BCUT2D eigenvalue weighted by Gasteiger charge is 2.38. The standard InChI is InChI=1S/C18H28N4O6S/c1-2-3-9-29(25,26)22-12-14-10-15(27-7-4-8-28-21-18(19)20)6-5-13(14)11-16(22)17(23)24/h5-6,10,16H,2-4,7-9,11-12H2,1H3,(H,23,24)(H4,19,20,21). The first-order valence-corrected chi connectivity index (χ1v) is 11.0. The molecule has 1 aromatic rings. The maximum atomic E-state index is 12.7. The van der Waals surface area contributed by atoms with Gasteiger partial charge in [0.25, 0.3) is 0 Å². The van der Waals surface area contributed by atoms with Gasteiger partial charge in [-0.2, -0.15) is 4.31 Å². The second-order valence-corrected chi connectivity index (χ2v) is 8.80. The second-order valence-electron chi connectivity index (χ2n) is 6.75. The Morgan fingerprint density at radius 1 is 1.28 bits per heavy atom. The molecule has 162 valence electrons. The Morgan fingerprint density at radius 3 is 2.69 bits per heavy atom. The molecule has 2 rings (SSSR count). The minimum Gasteiger partial charge on any atom is -0.493 e. The van der Waals surface area contributed by atoms with Crippen molar-refractivity contribution in [2.24, 2.45) is 16.6 Å². The van der Waals surface area contributed by atoms with Crippen molar-refractivity contribution < 1.29 is 27.9 Å². The molecule has 5 N–H and O–H groups in total. The zero-order chi connectivity index (χ0) is 21.4. The van der Waals surface area contributed by atoms with Crippen LogP contribution in [-0.2, 0) is 32.6 Å². The molecule has 0 fully saturated rings. The molecular weight excluding hydrogens is 400 g/mol. The molecule has 0 aliphatic carbocycles. The Hall–Kier alpha value is -2.53. The Bertz CT molecular complexity index is 839. The lowest BCUT2D eigenvalue weighted by atomic mass is 9.95. The molecule has 0 spiro atoms. The maximum Gasteiger partial charge on any atom is 0.322 e. The molecule has 0 saturated heterocycles. The van der Waals surface area contributed by atoms with Crippen LogP contribution >= 0.6 is 0 Å². The van der Waals surface area contributed by atoms with Gasteiger partial charge in [-0.25, -0.2) is 8.42 Å². The molecule has 10 nitrogen and oxygen atoms in total. The van der Waals surface area contributed by atoms with Gasteiger partial charge in [-0.3, -0.25) is 4.79 Å². The minimum atomic E-state index is -3.67. The summed E-state index contributed by atoms with van der Waals surface area (Å²) in [6.45, 7) is 2.55. The van der Waals surface area contributed by atoms with E-state index in [0.717, 1.165) is 15.4 Å². The van der Waals surface area contributed by atoms with E-state index < -0.39 is 22.0 Å². The highest BCUT2D eigenvalue weighted by atomic mass is 32.2. The van der Waals surface area contributed by atoms with Gasteiger partial charge < -0.3 is 26.1 Å². The zero-order valence-electron chi connectivity index (χ0n) is 16.4. The molecule has 0 saturated carbocycles. The number of guanidine groups is 1. The zero-order valence-corrected chi connectivity index (χ0v) is 17.2. The average Bonchev–Trinajstić information content (AvgIpc) is 2.67. The summed E-state index contributed by atoms with van der Waals surface area (Å²) in [4.78, 5) is 16.5. The monoisotopic (exact) mass is 428 g/mol. The molecule has 29 heavy (non-hydrogen) atoms. The number of rotatable bonds is 11. The van der Waals surface area contributed by atoms with Crippen LogP contribution in [0, 0.1) is 0 Å². The maximum absolute atomic E-state index is 12.7. The molecule has 0 bridgehead atoms. The summed E-state index contributed by atoms with van der Waals surface area (Å²) in [7, 11) is -3.67. The van der Waals surface area contributed by atoms with Gasteiger partial charge in [0.1, 0.15) is 18.4 Å². The van der Waals surface area contributed by atoms with E-state index in [1.165, 1.54) is 0 Å². The van der Waals surface area contributed by atoms with Gasteiger partial charge in [0.05, 0.1) is 12.4 Å². The van der Waals surface area contributed by atoms with Gasteiger partial charge in [-0.15, -0.1) is 0 Å². The van der Waals surface area contributed by atoms with E-state index in [0.29, 0.717) is 31.6 Å². The van der Waals surface area contributed by atoms with Gasteiger partial charge >= 0.3 is 5.97 Å². The molecule has 1 aliphatic heterocycles. The van der Waals surface area contributed by atoms with E-state index in [4.69, 9.17) is 21.0 Å². The van der Waals surface area contributed by atoms with Crippen LogP contribution in [0.15, 0.2) is 23.4 Å². The molecule has 1 heterocycles. The number of carboxylic acid groups (broad SMARTS) is 1. The lowest BCUT2D eigenvalue weighted by Crippen LogP contribution is -2.49. The van der Waals surface area contributed by atoms with E-state index in [1.54, 1.807) is 18.2 Å². The number of aliphatic carboxylic acids is 1. The summed E-state index contributed by atoms with van der Waals surface area (Å²) in [6, 6.07) is 4.19. The summed E-state index contributed by atoms with van der Waals surface area (Å²) in [5.74, 6) is -0.782. The van der Waals surface area contributed by atoms with Gasteiger partial charge in [0, 0.05) is 19.4 Å². The van der Waals surface area contributed by atoms with Crippen molar-refractivity contribution >= 4 is 22.0 Å². The summed E-state index contributed by atoms with van der Waals surface area (Å²) in [5, 5.41) is 12.9. The highest BCUT2D eigenvalue weighted by Crippen LogP contribution is 2.29. The fourth-order valence-electron chi connectivity index (χ4n) is 3.01. The van der Waals surface area contributed by atoms with E-state index >= 15 is 0 Å². The number of hydrogen-bond donors (Lipinski definition) is 3. The van der Waals surface area contributed by atoms with Crippen molar-refractivity contribution in [2.45, 2.75) is 45.2 Å². The molecule has 1 atom stereocenters. The first-order valence-electron chi connectivity index (χ1n) is 9.42. The number of oxime groups is 1. The predicted octanol–water partition coefficient (Wildman–Crippen LogP) is 0.602. The molecule has 0 radical (unpaired) electrons. The summed E-state index contributed by atoms with van der Waals surface area (Å²) in [5.41, 5.74) is 11.9. The Kier molecular flexibility index (Phi) is 8.09. The quantitative estimate of drug-likeness (QED) is 0.200. The number of carbonyl (C=O) groups is 1. The molecule has 0 aromatic heterocycles. The van der Waals surface area contributed by atoms with Crippen molar-refractivity contribution in [3.8, 4) is 5.75 Å². The second kappa shape index (κ2) is 10.3. The predicted molar refractivity (Wildman–Crippen MR) is 108 cm³/mol. The van der Waals surface area contributed by atoms with Crippen molar-refractivity contribution in [3.05, 3.63) is 29.3 Å². The van der Waals surface area contributed by atoms with Crippen LogP contribution in [0.1, 0.15) is 37.3 Å². The molecule has 1 aromatic carbocycles. The van der Waals surface area contributed by atoms with Crippen molar-refractivity contribution in [1.29, 1.82) is 0 Å². The summed E-state index contributed by atoms with van der Waals surface area (Å²) >= 11 is 0. The van der Waals surface area contributed by atoms with Crippen LogP contribution in [0.2, 0.25) is 0 Å².